The number of hydrogen-bond acceptors (Lipinski definition) is 4. The average molecular weight is 473 g/mol. The number of ether oxygens (including phenoxy) is 2. The largest absolute Gasteiger partial charge is 0.497 e. The minimum atomic E-state index is -0.0695. The zero-order valence-electron chi connectivity index (χ0n) is 18.9. The van der Waals surface area contributed by atoms with E-state index in [1.165, 1.54) is 0 Å². The van der Waals surface area contributed by atoms with Crippen molar-refractivity contribution in [3.8, 4) is 5.75 Å². The van der Waals surface area contributed by atoms with Gasteiger partial charge in [0.05, 0.1) is 26.0 Å². The van der Waals surface area contributed by atoms with Gasteiger partial charge in [-0.3, -0.25) is 9.69 Å². The van der Waals surface area contributed by atoms with E-state index in [0.29, 0.717) is 10.6 Å². The molecule has 5 rings (SSSR count). The van der Waals surface area contributed by atoms with Gasteiger partial charge < -0.3 is 14.4 Å². The second kappa shape index (κ2) is 9.75. The van der Waals surface area contributed by atoms with Crippen LogP contribution in [0.2, 0.25) is 5.02 Å². The van der Waals surface area contributed by atoms with Crippen LogP contribution >= 0.6 is 11.6 Å². The number of nitrogens with zero attached hydrogens (tertiary/aromatic N) is 2. The van der Waals surface area contributed by atoms with Crippen molar-refractivity contribution < 1.29 is 14.3 Å². The monoisotopic (exact) mass is 472 g/mol. The van der Waals surface area contributed by atoms with Crippen molar-refractivity contribution in [3.63, 3.8) is 0 Å². The topological polar surface area (TPSA) is 42.0 Å². The highest BCUT2D eigenvalue weighted by Crippen LogP contribution is 2.36. The van der Waals surface area contributed by atoms with Crippen LogP contribution in [0.5, 0.6) is 5.75 Å². The zero-order chi connectivity index (χ0) is 23.5. The standard InChI is InChI=1S/C28H25ClN2O3/c1-33-26-12-2-20(3-13-26)18-22-19-27(21-4-6-23(29)7-5-21)31(28(22)32)25-10-8-24(9-11-25)30-14-16-34-17-15-30/h2-13,18-19H,14-17H2,1H3/b22-18-. The molecule has 6 heteroatoms. The number of anilines is 2. The van der Waals surface area contributed by atoms with E-state index < -0.39 is 0 Å². The Kier molecular flexibility index (Phi) is 6.39. The first kappa shape index (κ1) is 22.3. The Morgan fingerprint density at radius 1 is 0.882 bits per heavy atom. The van der Waals surface area contributed by atoms with Crippen LogP contribution in [0.25, 0.3) is 11.8 Å². The lowest BCUT2D eigenvalue weighted by molar-refractivity contribution is -0.113. The molecule has 34 heavy (non-hydrogen) atoms. The third-order valence-corrected chi connectivity index (χ3v) is 6.30. The Bertz CT molecular complexity index is 1230. The molecule has 172 valence electrons. The zero-order valence-corrected chi connectivity index (χ0v) is 19.7. The Morgan fingerprint density at radius 2 is 1.53 bits per heavy atom. The molecule has 2 heterocycles. The molecule has 0 bridgehead atoms. The molecule has 0 spiro atoms. The van der Waals surface area contributed by atoms with E-state index in [1.54, 1.807) is 12.0 Å². The Morgan fingerprint density at radius 3 is 2.18 bits per heavy atom. The quantitative estimate of drug-likeness (QED) is 0.449. The molecular weight excluding hydrogens is 448 g/mol. The predicted molar refractivity (Wildman–Crippen MR) is 137 cm³/mol. The molecule has 2 aliphatic heterocycles. The second-order valence-corrected chi connectivity index (χ2v) is 8.60. The van der Waals surface area contributed by atoms with Gasteiger partial charge in [0, 0.05) is 35.1 Å². The fourth-order valence-corrected chi connectivity index (χ4v) is 4.34. The smallest absolute Gasteiger partial charge is 0.262 e. The molecule has 0 atom stereocenters. The molecule has 3 aromatic rings. The molecule has 0 radical (unpaired) electrons. The van der Waals surface area contributed by atoms with E-state index in [2.05, 4.69) is 17.0 Å². The molecule has 1 amide bonds. The lowest BCUT2D eigenvalue weighted by Crippen LogP contribution is -2.36. The van der Waals surface area contributed by atoms with Crippen molar-refractivity contribution in [2.24, 2.45) is 0 Å². The Hall–Kier alpha value is -3.54. The first-order chi connectivity index (χ1) is 16.6. The number of carbonyl (C=O) groups excluding carboxylic acids is 1. The molecule has 2 aliphatic rings. The van der Waals surface area contributed by atoms with E-state index in [-0.39, 0.29) is 5.91 Å². The molecule has 0 aliphatic carbocycles. The van der Waals surface area contributed by atoms with Gasteiger partial charge in [-0.15, -0.1) is 0 Å². The predicted octanol–water partition coefficient (Wildman–Crippen LogP) is 5.66. The van der Waals surface area contributed by atoms with E-state index in [1.807, 2.05) is 72.8 Å². The number of carbonyl (C=O) groups is 1. The Balaban J connectivity index is 1.50. The summed E-state index contributed by atoms with van der Waals surface area (Å²) >= 11 is 6.12. The lowest BCUT2D eigenvalue weighted by Gasteiger charge is -2.29. The fourth-order valence-electron chi connectivity index (χ4n) is 4.22. The summed E-state index contributed by atoms with van der Waals surface area (Å²) < 4.78 is 10.7. The van der Waals surface area contributed by atoms with E-state index in [0.717, 1.165) is 60.3 Å². The number of amides is 1. The number of morpholine rings is 1. The summed E-state index contributed by atoms with van der Waals surface area (Å²) in [6.45, 7) is 3.20. The van der Waals surface area contributed by atoms with Gasteiger partial charge in [0.25, 0.3) is 5.91 Å². The third-order valence-electron chi connectivity index (χ3n) is 6.05. The number of benzene rings is 3. The number of halogens is 1. The molecule has 0 aromatic heterocycles. The third kappa shape index (κ3) is 4.58. The summed E-state index contributed by atoms with van der Waals surface area (Å²) in [7, 11) is 1.64. The van der Waals surface area contributed by atoms with Gasteiger partial charge in [0.1, 0.15) is 5.75 Å². The molecule has 1 saturated heterocycles. The maximum Gasteiger partial charge on any atom is 0.262 e. The van der Waals surface area contributed by atoms with Crippen LogP contribution in [-0.2, 0) is 9.53 Å². The molecule has 3 aromatic carbocycles. The summed E-state index contributed by atoms with van der Waals surface area (Å²) in [5, 5.41) is 0.657. The minimum absolute atomic E-state index is 0.0695. The van der Waals surface area contributed by atoms with E-state index >= 15 is 0 Å². The molecular formula is C28H25ClN2O3. The van der Waals surface area contributed by atoms with Crippen LogP contribution in [0.15, 0.2) is 84.4 Å². The summed E-state index contributed by atoms with van der Waals surface area (Å²) in [4.78, 5) is 17.7. The molecule has 0 saturated carbocycles. The molecule has 0 N–H and O–H groups in total. The summed E-state index contributed by atoms with van der Waals surface area (Å²) in [5.41, 5.74) is 5.24. The first-order valence-electron chi connectivity index (χ1n) is 11.2. The van der Waals surface area contributed by atoms with Crippen LogP contribution in [0.1, 0.15) is 11.1 Å². The summed E-state index contributed by atoms with van der Waals surface area (Å²) in [6.07, 6.45) is 3.84. The van der Waals surface area contributed by atoms with Gasteiger partial charge in [-0.2, -0.15) is 0 Å². The van der Waals surface area contributed by atoms with Crippen LogP contribution in [-0.4, -0.2) is 39.3 Å². The average Bonchev–Trinajstić information content (AvgIpc) is 3.21. The van der Waals surface area contributed by atoms with Gasteiger partial charge in [0.15, 0.2) is 0 Å². The maximum absolute atomic E-state index is 13.6. The van der Waals surface area contributed by atoms with E-state index in [9.17, 15) is 4.79 Å². The summed E-state index contributed by atoms with van der Waals surface area (Å²) in [6, 6.07) is 23.3. The lowest BCUT2D eigenvalue weighted by atomic mass is 10.1. The van der Waals surface area contributed by atoms with Gasteiger partial charge >= 0.3 is 0 Å². The van der Waals surface area contributed by atoms with Crippen LogP contribution < -0.4 is 14.5 Å². The van der Waals surface area contributed by atoms with Crippen LogP contribution in [0.4, 0.5) is 11.4 Å². The number of rotatable bonds is 5. The van der Waals surface area contributed by atoms with Crippen molar-refractivity contribution in [1.29, 1.82) is 0 Å². The first-order valence-corrected chi connectivity index (χ1v) is 11.6. The number of hydrogen-bond donors (Lipinski definition) is 0. The molecule has 0 unspecified atom stereocenters. The van der Waals surface area contributed by atoms with Crippen molar-refractivity contribution in [1.82, 2.24) is 0 Å². The maximum atomic E-state index is 13.6. The Labute approximate surface area is 204 Å². The van der Waals surface area contributed by atoms with Crippen LogP contribution in [0.3, 0.4) is 0 Å². The van der Waals surface area contributed by atoms with Crippen molar-refractivity contribution in [2.75, 3.05) is 43.2 Å². The van der Waals surface area contributed by atoms with Gasteiger partial charge in [-0.1, -0.05) is 35.9 Å². The van der Waals surface area contributed by atoms with Gasteiger partial charge in [-0.25, -0.2) is 0 Å². The highest BCUT2D eigenvalue weighted by Gasteiger charge is 2.30. The van der Waals surface area contributed by atoms with Crippen LogP contribution in [0, 0.1) is 0 Å². The molecule has 5 nitrogen and oxygen atoms in total. The van der Waals surface area contributed by atoms with Gasteiger partial charge in [-0.05, 0) is 71.8 Å². The SMILES string of the molecule is COc1ccc(/C=C2/C=C(c3ccc(Cl)cc3)N(c3ccc(N4CCOCC4)cc3)C2=O)cc1. The van der Waals surface area contributed by atoms with Crippen molar-refractivity contribution in [3.05, 3.63) is 101 Å². The summed E-state index contributed by atoms with van der Waals surface area (Å²) in [5.74, 6) is 0.708. The highest BCUT2D eigenvalue weighted by molar-refractivity contribution is 6.30. The normalized spacial score (nSPS) is 17.3. The van der Waals surface area contributed by atoms with Gasteiger partial charge in [0.2, 0.25) is 0 Å². The minimum Gasteiger partial charge on any atom is -0.497 e. The molecule has 1 fully saturated rings. The second-order valence-electron chi connectivity index (χ2n) is 8.17. The van der Waals surface area contributed by atoms with Crippen molar-refractivity contribution in [2.45, 2.75) is 0 Å². The number of methoxy groups -OCH3 is 1. The fraction of sp³-hybridized carbons (Fsp3) is 0.179. The highest BCUT2D eigenvalue weighted by atomic mass is 35.5. The van der Waals surface area contributed by atoms with E-state index in [4.69, 9.17) is 21.1 Å². The van der Waals surface area contributed by atoms with Crippen molar-refractivity contribution >= 4 is 40.7 Å².